The number of halogens is 1. The predicted octanol–water partition coefficient (Wildman–Crippen LogP) is 3.51. The highest BCUT2D eigenvalue weighted by Crippen LogP contribution is 2.35. The molecule has 1 unspecified atom stereocenters. The fourth-order valence-corrected chi connectivity index (χ4v) is 2.46. The van der Waals surface area contributed by atoms with Crippen molar-refractivity contribution >= 4 is 23.2 Å². The summed E-state index contributed by atoms with van der Waals surface area (Å²) in [7, 11) is 0. The Morgan fingerprint density at radius 1 is 1.06 bits per heavy atom. The first-order valence-corrected chi connectivity index (χ1v) is 6.29. The Labute approximate surface area is 111 Å². The van der Waals surface area contributed by atoms with Crippen LogP contribution in [0.15, 0.2) is 48.5 Å². The topological polar surface area (TPSA) is 29.1 Å². The van der Waals surface area contributed by atoms with Crippen molar-refractivity contribution in [1.29, 1.82) is 0 Å². The fraction of sp³-hybridized carbons (Fsp3) is 0.133. The first-order chi connectivity index (χ1) is 8.74. The molecule has 90 valence electrons. The summed E-state index contributed by atoms with van der Waals surface area (Å²) in [6.07, 6.45) is 0.858. The van der Waals surface area contributed by atoms with Gasteiger partial charge in [-0.05, 0) is 23.6 Å². The number of carbonyl (C=O) groups is 1. The molecular weight excluding hydrogens is 246 g/mol. The van der Waals surface area contributed by atoms with Crippen LogP contribution in [0.2, 0.25) is 0 Å². The SMILES string of the molecule is O=C1Nc2cc(Cc3ccccc3)ccc2C1Cl. The Hall–Kier alpha value is -1.80. The fourth-order valence-electron chi connectivity index (χ4n) is 2.21. The normalized spacial score (nSPS) is 17.4. The van der Waals surface area contributed by atoms with E-state index in [0.717, 1.165) is 17.7 Å². The lowest BCUT2D eigenvalue weighted by Gasteiger charge is -2.05. The van der Waals surface area contributed by atoms with Gasteiger partial charge in [0.25, 0.3) is 0 Å². The second-order valence-corrected chi connectivity index (χ2v) is 4.87. The van der Waals surface area contributed by atoms with Gasteiger partial charge in [-0.3, -0.25) is 4.79 Å². The third-order valence-electron chi connectivity index (χ3n) is 3.13. The maximum absolute atomic E-state index is 11.5. The van der Waals surface area contributed by atoms with Crippen LogP contribution >= 0.6 is 11.6 Å². The summed E-state index contributed by atoms with van der Waals surface area (Å²) in [6.45, 7) is 0. The average Bonchev–Trinajstić information content (AvgIpc) is 2.66. The lowest BCUT2D eigenvalue weighted by atomic mass is 10.0. The van der Waals surface area contributed by atoms with E-state index < -0.39 is 5.38 Å². The van der Waals surface area contributed by atoms with E-state index in [9.17, 15) is 4.79 Å². The van der Waals surface area contributed by atoms with Gasteiger partial charge in [0, 0.05) is 11.3 Å². The van der Waals surface area contributed by atoms with Crippen LogP contribution in [0.3, 0.4) is 0 Å². The van der Waals surface area contributed by atoms with Gasteiger partial charge in [-0.25, -0.2) is 0 Å². The summed E-state index contributed by atoms with van der Waals surface area (Å²) in [5.41, 5.74) is 4.14. The molecule has 0 saturated heterocycles. The zero-order chi connectivity index (χ0) is 12.5. The highest BCUT2D eigenvalue weighted by Gasteiger charge is 2.28. The van der Waals surface area contributed by atoms with Crippen LogP contribution in [-0.4, -0.2) is 5.91 Å². The average molecular weight is 258 g/mol. The van der Waals surface area contributed by atoms with Gasteiger partial charge in [-0.2, -0.15) is 0 Å². The molecule has 0 spiro atoms. The van der Waals surface area contributed by atoms with Crippen molar-refractivity contribution in [3.8, 4) is 0 Å². The van der Waals surface area contributed by atoms with Crippen LogP contribution in [0.25, 0.3) is 0 Å². The molecule has 3 heteroatoms. The number of benzene rings is 2. The van der Waals surface area contributed by atoms with E-state index >= 15 is 0 Å². The number of rotatable bonds is 2. The summed E-state index contributed by atoms with van der Waals surface area (Å²) < 4.78 is 0. The van der Waals surface area contributed by atoms with E-state index in [2.05, 4.69) is 17.4 Å². The van der Waals surface area contributed by atoms with E-state index in [-0.39, 0.29) is 5.91 Å². The van der Waals surface area contributed by atoms with Gasteiger partial charge in [0.15, 0.2) is 0 Å². The number of fused-ring (bicyclic) bond motifs is 1. The molecule has 2 nitrogen and oxygen atoms in total. The second kappa shape index (κ2) is 4.46. The lowest BCUT2D eigenvalue weighted by Crippen LogP contribution is -2.06. The molecule has 1 amide bonds. The number of anilines is 1. The van der Waals surface area contributed by atoms with Crippen LogP contribution in [0.1, 0.15) is 22.1 Å². The van der Waals surface area contributed by atoms with Gasteiger partial charge in [0.2, 0.25) is 5.91 Å². The van der Waals surface area contributed by atoms with Crippen molar-refractivity contribution in [3.05, 3.63) is 65.2 Å². The number of alkyl halides is 1. The minimum absolute atomic E-state index is 0.136. The molecule has 1 atom stereocenters. The van der Waals surface area contributed by atoms with Crippen LogP contribution in [0.4, 0.5) is 5.69 Å². The molecule has 0 radical (unpaired) electrons. The van der Waals surface area contributed by atoms with Gasteiger partial charge in [-0.1, -0.05) is 42.5 Å². The van der Waals surface area contributed by atoms with E-state index in [1.165, 1.54) is 11.1 Å². The largest absolute Gasteiger partial charge is 0.324 e. The number of hydrogen-bond donors (Lipinski definition) is 1. The number of hydrogen-bond acceptors (Lipinski definition) is 1. The van der Waals surface area contributed by atoms with E-state index in [1.807, 2.05) is 36.4 Å². The monoisotopic (exact) mass is 257 g/mol. The Balaban J connectivity index is 1.88. The smallest absolute Gasteiger partial charge is 0.247 e. The van der Waals surface area contributed by atoms with E-state index in [0.29, 0.717) is 0 Å². The number of carbonyl (C=O) groups excluding carboxylic acids is 1. The predicted molar refractivity (Wildman–Crippen MR) is 72.9 cm³/mol. The maximum atomic E-state index is 11.5. The maximum Gasteiger partial charge on any atom is 0.247 e. The van der Waals surface area contributed by atoms with Crippen LogP contribution in [0.5, 0.6) is 0 Å². The molecule has 2 aromatic carbocycles. The van der Waals surface area contributed by atoms with Crippen LogP contribution in [-0.2, 0) is 11.2 Å². The van der Waals surface area contributed by atoms with Crippen molar-refractivity contribution in [2.24, 2.45) is 0 Å². The zero-order valence-corrected chi connectivity index (χ0v) is 10.4. The van der Waals surface area contributed by atoms with Gasteiger partial charge in [0.1, 0.15) is 5.38 Å². The summed E-state index contributed by atoms with van der Waals surface area (Å²) in [5, 5.41) is 2.25. The lowest BCUT2D eigenvalue weighted by molar-refractivity contribution is -0.115. The van der Waals surface area contributed by atoms with Gasteiger partial charge in [0.05, 0.1) is 0 Å². The Bertz CT molecular complexity index is 595. The molecular formula is C15H12ClNO. The van der Waals surface area contributed by atoms with Gasteiger partial charge >= 0.3 is 0 Å². The summed E-state index contributed by atoms with van der Waals surface area (Å²) in [6, 6.07) is 16.2. The molecule has 0 saturated carbocycles. The summed E-state index contributed by atoms with van der Waals surface area (Å²) in [5.74, 6) is -0.136. The molecule has 1 N–H and O–H groups in total. The van der Waals surface area contributed by atoms with Crippen LogP contribution < -0.4 is 5.32 Å². The highest BCUT2D eigenvalue weighted by molar-refractivity contribution is 6.35. The molecule has 3 rings (SSSR count). The summed E-state index contributed by atoms with van der Waals surface area (Å²) in [4.78, 5) is 11.5. The third kappa shape index (κ3) is 2.00. The highest BCUT2D eigenvalue weighted by atomic mass is 35.5. The molecule has 0 bridgehead atoms. The van der Waals surface area contributed by atoms with E-state index in [1.54, 1.807) is 0 Å². The van der Waals surface area contributed by atoms with Crippen molar-refractivity contribution in [1.82, 2.24) is 0 Å². The quantitative estimate of drug-likeness (QED) is 0.820. The van der Waals surface area contributed by atoms with E-state index in [4.69, 9.17) is 11.6 Å². The van der Waals surface area contributed by atoms with Crippen molar-refractivity contribution in [2.75, 3.05) is 5.32 Å². The van der Waals surface area contributed by atoms with Crippen molar-refractivity contribution < 1.29 is 4.79 Å². The molecule has 1 heterocycles. The van der Waals surface area contributed by atoms with Crippen molar-refractivity contribution in [3.63, 3.8) is 0 Å². The first kappa shape index (κ1) is 11.3. The molecule has 2 aromatic rings. The Kier molecular flexibility index (Phi) is 2.80. The minimum Gasteiger partial charge on any atom is -0.324 e. The van der Waals surface area contributed by atoms with Crippen molar-refractivity contribution in [2.45, 2.75) is 11.8 Å². The number of nitrogens with one attached hydrogen (secondary N) is 1. The number of amides is 1. The molecule has 18 heavy (non-hydrogen) atoms. The van der Waals surface area contributed by atoms with Gasteiger partial charge in [-0.15, -0.1) is 11.6 Å². The summed E-state index contributed by atoms with van der Waals surface area (Å²) >= 11 is 5.99. The van der Waals surface area contributed by atoms with Gasteiger partial charge < -0.3 is 5.32 Å². The first-order valence-electron chi connectivity index (χ1n) is 5.86. The molecule has 0 aromatic heterocycles. The molecule has 1 aliphatic rings. The molecule has 0 fully saturated rings. The standard InChI is InChI=1S/C15H12ClNO/c16-14-12-7-6-11(9-13(12)17-15(14)18)8-10-4-2-1-3-5-10/h1-7,9,14H,8H2,(H,17,18). The Morgan fingerprint density at radius 3 is 2.61 bits per heavy atom. The molecule has 1 aliphatic heterocycles. The molecule has 0 aliphatic carbocycles. The minimum atomic E-state index is -0.550. The van der Waals surface area contributed by atoms with Crippen LogP contribution in [0, 0.1) is 0 Å². The second-order valence-electron chi connectivity index (χ2n) is 4.44. The Morgan fingerprint density at radius 2 is 1.83 bits per heavy atom. The third-order valence-corrected chi connectivity index (χ3v) is 3.56. The zero-order valence-electron chi connectivity index (χ0n) is 9.69.